The van der Waals surface area contributed by atoms with Crippen LogP contribution in [0.2, 0.25) is 5.02 Å². The Labute approximate surface area is 118 Å². The monoisotopic (exact) mass is 279 g/mol. The van der Waals surface area contributed by atoms with E-state index in [-0.39, 0.29) is 0 Å². The molecule has 1 aromatic carbocycles. The largest absolute Gasteiger partial charge is 0.305 e. The Kier molecular flexibility index (Phi) is 4.81. The van der Waals surface area contributed by atoms with Gasteiger partial charge in [-0.3, -0.25) is 0 Å². The lowest BCUT2D eigenvalue weighted by Gasteiger charge is -2.22. The summed E-state index contributed by atoms with van der Waals surface area (Å²) in [5, 5.41) is 6.43. The lowest BCUT2D eigenvalue weighted by Crippen LogP contribution is -2.24. The van der Waals surface area contributed by atoms with Gasteiger partial charge < -0.3 is 5.32 Å². The summed E-state index contributed by atoms with van der Waals surface area (Å²) in [6.07, 6.45) is 0. The molecule has 2 rings (SSSR count). The summed E-state index contributed by atoms with van der Waals surface area (Å²) in [5.41, 5.74) is 1.34. The molecule has 0 amide bonds. The van der Waals surface area contributed by atoms with Crippen molar-refractivity contribution in [3.8, 4) is 0 Å². The molecule has 1 nitrogen and oxygen atoms in total. The molecule has 2 aromatic rings. The van der Waals surface area contributed by atoms with Gasteiger partial charge in [-0.1, -0.05) is 55.8 Å². The molecule has 0 fully saturated rings. The maximum absolute atomic E-state index is 5.94. The first kappa shape index (κ1) is 13.6. The van der Waals surface area contributed by atoms with Gasteiger partial charge in [0.2, 0.25) is 0 Å². The van der Waals surface area contributed by atoms with Gasteiger partial charge >= 0.3 is 0 Å². The number of rotatable bonds is 5. The maximum Gasteiger partial charge on any atom is 0.0516 e. The Balaban J connectivity index is 2.03. The number of hydrogen-bond donors (Lipinski definition) is 1. The van der Waals surface area contributed by atoms with Crippen LogP contribution in [0.3, 0.4) is 0 Å². The van der Waals surface area contributed by atoms with Gasteiger partial charge in [0.25, 0.3) is 0 Å². The number of hydrogen-bond acceptors (Lipinski definition) is 2. The molecule has 0 aliphatic carbocycles. The average Bonchev–Trinajstić information content (AvgIpc) is 2.76. The Morgan fingerprint density at radius 1 is 1.22 bits per heavy atom. The molecule has 0 radical (unpaired) electrons. The van der Waals surface area contributed by atoms with E-state index in [0.717, 1.165) is 11.6 Å². The second-order valence-corrected chi connectivity index (χ2v) is 6.18. The summed E-state index contributed by atoms with van der Waals surface area (Å²) >= 11 is 7.64. The number of halogens is 1. The van der Waals surface area contributed by atoms with Crippen LogP contribution in [-0.2, 0) is 6.54 Å². The summed E-state index contributed by atoms with van der Waals surface area (Å²) in [6.45, 7) is 5.35. The summed E-state index contributed by atoms with van der Waals surface area (Å²) in [4.78, 5) is 1.28. The molecule has 96 valence electrons. The topological polar surface area (TPSA) is 12.0 Å². The van der Waals surface area contributed by atoms with Crippen LogP contribution < -0.4 is 5.32 Å². The predicted molar refractivity (Wildman–Crippen MR) is 80.2 cm³/mol. The van der Waals surface area contributed by atoms with E-state index in [9.17, 15) is 0 Å². The molecule has 0 aliphatic heterocycles. The van der Waals surface area contributed by atoms with Crippen LogP contribution in [0.15, 0.2) is 41.8 Å². The third kappa shape index (κ3) is 3.58. The SMILES string of the molecule is CC(C)C(NCc1cc(Cl)cs1)c1ccccc1. The van der Waals surface area contributed by atoms with Crippen LogP contribution in [-0.4, -0.2) is 0 Å². The van der Waals surface area contributed by atoms with Crippen LogP contribution in [0.1, 0.15) is 30.3 Å². The zero-order valence-electron chi connectivity index (χ0n) is 10.7. The van der Waals surface area contributed by atoms with Crippen molar-refractivity contribution in [2.24, 2.45) is 5.92 Å². The first-order valence-corrected chi connectivity index (χ1v) is 7.44. The van der Waals surface area contributed by atoms with Crippen molar-refractivity contribution in [2.45, 2.75) is 26.4 Å². The van der Waals surface area contributed by atoms with Gasteiger partial charge in [0, 0.05) is 22.8 Å². The van der Waals surface area contributed by atoms with Crippen LogP contribution in [0.4, 0.5) is 0 Å². The van der Waals surface area contributed by atoms with Crippen molar-refractivity contribution in [1.82, 2.24) is 5.32 Å². The smallest absolute Gasteiger partial charge is 0.0516 e. The predicted octanol–water partition coefficient (Wildman–Crippen LogP) is 4.89. The van der Waals surface area contributed by atoms with Crippen molar-refractivity contribution in [3.63, 3.8) is 0 Å². The molecule has 1 heterocycles. The summed E-state index contributed by atoms with van der Waals surface area (Å²) in [5.74, 6) is 0.558. The zero-order valence-corrected chi connectivity index (χ0v) is 12.3. The Morgan fingerprint density at radius 2 is 1.94 bits per heavy atom. The molecular weight excluding hydrogens is 262 g/mol. The molecule has 0 bridgehead atoms. The Morgan fingerprint density at radius 3 is 2.50 bits per heavy atom. The van der Waals surface area contributed by atoms with Crippen molar-refractivity contribution >= 4 is 22.9 Å². The highest BCUT2D eigenvalue weighted by Crippen LogP contribution is 2.24. The summed E-state index contributed by atoms with van der Waals surface area (Å²) < 4.78 is 0. The minimum absolute atomic E-state index is 0.382. The van der Waals surface area contributed by atoms with Gasteiger partial charge in [0.1, 0.15) is 0 Å². The molecule has 0 aliphatic rings. The van der Waals surface area contributed by atoms with Crippen molar-refractivity contribution < 1.29 is 0 Å². The van der Waals surface area contributed by atoms with Gasteiger partial charge in [-0.25, -0.2) is 0 Å². The third-order valence-electron chi connectivity index (χ3n) is 2.94. The van der Waals surface area contributed by atoms with E-state index in [2.05, 4.69) is 49.5 Å². The van der Waals surface area contributed by atoms with E-state index in [1.54, 1.807) is 11.3 Å². The molecule has 1 unspecified atom stereocenters. The summed E-state index contributed by atoms with van der Waals surface area (Å²) in [7, 11) is 0. The fraction of sp³-hybridized carbons (Fsp3) is 0.333. The molecule has 0 spiro atoms. The zero-order chi connectivity index (χ0) is 13.0. The van der Waals surface area contributed by atoms with Crippen LogP contribution in [0, 0.1) is 5.92 Å². The third-order valence-corrected chi connectivity index (χ3v) is 4.23. The molecule has 3 heteroatoms. The van der Waals surface area contributed by atoms with Crippen LogP contribution in [0.25, 0.3) is 0 Å². The van der Waals surface area contributed by atoms with E-state index in [0.29, 0.717) is 12.0 Å². The number of thiophene rings is 1. The average molecular weight is 280 g/mol. The minimum Gasteiger partial charge on any atom is -0.305 e. The van der Waals surface area contributed by atoms with Gasteiger partial charge in [-0.2, -0.15) is 0 Å². The van der Waals surface area contributed by atoms with E-state index >= 15 is 0 Å². The first-order chi connectivity index (χ1) is 8.66. The van der Waals surface area contributed by atoms with Crippen molar-refractivity contribution in [1.29, 1.82) is 0 Å². The molecule has 18 heavy (non-hydrogen) atoms. The van der Waals surface area contributed by atoms with Crippen molar-refractivity contribution in [3.05, 3.63) is 57.2 Å². The van der Waals surface area contributed by atoms with E-state index in [1.165, 1.54) is 10.4 Å². The highest BCUT2D eigenvalue weighted by molar-refractivity contribution is 7.10. The van der Waals surface area contributed by atoms with Crippen LogP contribution in [0.5, 0.6) is 0 Å². The van der Waals surface area contributed by atoms with Gasteiger partial charge in [-0.05, 0) is 17.5 Å². The Hall–Kier alpha value is -0.830. The fourth-order valence-corrected chi connectivity index (χ4v) is 3.08. The van der Waals surface area contributed by atoms with E-state index in [4.69, 9.17) is 11.6 Å². The fourth-order valence-electron chi connectivity index (χ4n) is 2.06. The van der Waals surface area contributed by atoms with Gasteiger partial charge in [-0.15, -0.1) is 11.3 Å². The molecule has 0 saturated heterocycles. The minimum atomic E-state index is 0.382. The molecule has 1 aromatic heterocycles. The molecule has 0 saturated carbocycles. The lowest BCUT2D eigenvalue weighted by molar-refractivity contribution is 0.412. The van der Waals surface area contributed by atoms with E-state index < -0.39 is 0 Å². The standard InChI is InChI=1S/C15H18ClNS/c1-11(2)15(12-6-4-3-5-7-12)17-9-14-8-13(16)10-18-14/h3-8,10-11,15,17H,9H2,1-2H3. The quantitative estimate of drug-likeness (QED) is 0.822. The second kappa shape index (κ2) is 6.37. The second-order valence-electron chi connectivity index (χ2n) is 4.74. The lowest BCUT2D eigenvalue weighted by atomic mass is 9.96. The maximum atomic E-state index is 5.94. The molecular formula is C15H18ClNS. The highest BCUT2D eigenvalue weighted by atomic mass is 35.5. The van der Waals surface area contributed by atoms with Gasteiger partial charge in [0.15, 0.2) is 0 Å². The summed E-state index contributed by atoms with van der Waals surface area (Å²) in [6, 6.07) is 13.0. The van der Waals surface area contributed by atoms with Crippen molar-refractivity contribution in [2.75, 3.05) is 0 Å². The van der Waals surface area contributed by atoms with Gasteiger partial charge in [0.05, 0.1) is 5.02 Å². The molecule has 1 atom stereocenters. The number of benzene rings is 1. The van der Waals surface area contributed by atoms with E-state index in [1.807, 2.05) is 11.4 Å². The first-order valence-electron chi connectivity index (χ1n) is 6.18. The Bertz CT molecular complexity index is 478. The number of nitrogens with one attached hydrogen (secondary N) is 1. The highest BCUT2D eigenvalue weighted by Gasteiger charge is 2.14. The normalized spacial score (nSPS) is 12.9. The molecule has 1 N–H and O–H groups in total. The van der Waals surface area contributed by atoms with Crippen LogP contribution >= 0.6 is 22.9 Å².